The van der Waals surface area contributed by atoms with Gasteiger partial charge in [0.1, 0.15) is 5.82 Å². The summed E-state index contributed by atoms with van der Waals surface area (Å²) >= 11 is 5.97. The van der Waals surface area contributed by atoms with Crippen LogP contribution in [0.1, 0.15) is 26.5 Å². The molecular weight excluding hydrogens is 246 g/mol. The largest absolute Gasteiger partial charge is 0.341 e. The van der Waals surface area contributed by atoms with E-state index < -0.39 is 0 Å². The van der Waals surface area contributed by atoms with Gasteiger partial charge in [-0.25, -0.2) is 4.98 Å². The van der Waals surface area contributed by atoms with Crippen LogP contribution in [0.25, 0.3) is 11.4 Å². The SMILES string of the molecule is CC(C)(C)NCc1cnc(-c2cccc(Cl)c2)[nH]1. The number of benzene rings is 1. The quantitative estimate of drug-likeness (QED) is 0.888. The van der Waals surface area contributed by atoms with E-state index in [1.807, 2.05) is 30.5 Å². The molecule has 1 aromatic carbocycles. The fourth-order valence-electron chi connectivity index (χ4n) is 1.59. The second-order valence-corrected chi connectivity index (χ2v) is 5.81. The third kappa shape index (κ3) is 3.59. The van der Waals surface area contributed by atoms with Gasteiger partial charge in [0.25, 0.3) is 0 Å². The number of rotatable bonds is 3. The molecule has 96 valence electrons. The van der Waals surface area contributed by atoms with E-state index >= 15 is 0 Å². The minimum Gasteiger partial charge on any atom is -0.341 e. The summed E-state index contributed by atoms with van der Waals surface area (Å²) in [6.45, 7) is 7.20. The maximum Gasteiger partial charge on any atom is 0.137 e. The molecule has 0 saturated heterocycles. The van der Waals surface area contributed by atoms with E-state index in [0.29, 0.717) is 0 Å². The van der Waals surface area contributed by atoms with Gasteiger partial charge in [-0.05, 0) is 32.9 Å². The average Bonchev–Trinajstić information content (AvgIpc) is 2.74. The molecule has 0 aliphatic rings. The number of hydrogen-bond donors (Lipinski definition) is 2. The predicted molar refractivity (Wildman–Crippen MR) is 75.6 cm³/mol. The molecule has 3 nitrogen and oxygen atoms in total. The molecule has 0 amide bonds. The van der Waals surface area contributed by atoms with E-state index in [1.165, 1.54) is 0 Å². The molecule has 0 bridgehead atoms. The Morgan fingerprint density at radius 3 is 2.78 bits per heavy atom. The van der Waals surface area contributed by atoms with Crippen LogP contribution >= 0.6 is 11.6 Å². The number of aromatic amines is 1. The van der Waals surface area contributed by atoms with E-state index in [4.69, 9.17) is 11.6 Å². The highest BCUT2D eigenvalue weighted by Crippen LogP contribution is 2.19. The Hall–Kier alpha value is -1.32. The Morgan fingerprint density at radius 2 is 2.11 bits per heavy atom. The second kappa shape index (κ2) is 5.12. The lowest BCUT2D eigenvalue weighted by Crippen LogP contribution is -2.35. The van der Waals surface area contributed by atoms with Crippen LogP contribution in [0.2, 0.25) is 5.02 Å². The third-order valence-corrected chi connectivity index (χ3v) is 2.77. The van der Waals surface area contributed by atoms with Gasteiger partial charge in [0.15, 0.2) is 0 Å². The first-order chi connectivity index (χ1) is 8.44. The van der Waals surface area contributed by atoms with Crippen LogP contribution in [0, 0.1) is 0 Å². The van der Waals surface area contributed by atoms with E-state index in [0.717, 1.165) is 28.6 Å². The molecule has 2 rings (SSSR count). The zero-order chi connectivity index (χ0) is 13.2. The number of halogens is 1. The number of aromatic nitrogens is 2. The molecule has 2 aromatic rings. The Labute approximate surface area is 113 Å². The normalized spacial score (nSPS) is 11.8. The minimum atomic E-state index is 0.0985. The summed E-state index contributed by atoms with van der Waals surface area (Å²) in [5.74, 6) is 0.850. The number of hydrogen-bond acceptors (Lipinski definition) is 2. The van der Waals surface area contributed by atoms with E-state index in [9.17, 15) is 0 Å². The van der Waals surface area contributed by atoms with Crippen molar-refractivity contribution in [1.82, 2.24) is 15.3 Å². The molecule has 4 heteroatoms. The molecule has 0 radical (unpaired) electrons. The molecule has 1 heterocycles. The molecule has 0 aliphatic carbocycles. The van der Waals surface area contributed by atoms with Crippen molar-refractivity contribution < 1.29 is 0 Å². The molecule has 0 aliphatic heterocycles. The topological polar surface area (TPSA) is 40.7 Å². The molecule has 2 N–H and O–H groups in total. The van der Waals surface area contributed by atoms with Crippen molar-refractivity contribution in [3.8, 4) is 11.4 Å². The number of nitrogens with one attached hydrogen (secondary N) is 2. The molecule has 1 aromatic heterocycles. The van der Waals surface area contributed by atoms with Gasteiger partial charge in [-0.2, -0.15) is 0 Å². The number of imidazole rings is 1. The first kappa shape index (κ1) is 13.1. The van der Waals surface area contributed by atoms with Gasteiger partial charge in [0.2, 0.25) is 0 Å². The molecule has 18 heavy (non-hydrogen) atoms. The predicted octanol–water partition coefficient (Wildman–Crippen LogP) is 3.62. The summed E-state index contributed by atoms with van der Waals surface area (Å²) in [6.07, 6.45) is 1.86. The number of H-pyrrole nitrogens is 1. The van der Waals surface area contributed by atoms with Crippen molar-refractivity contribution in [2.75, 3.05) is 0 Å². The van der Waals surface area contributed by atoms with Crippen LogP contribution in [0.15, 0.2) is 30.5 Å². The Bertz CT molecular complexity index is 526. The molecule has 0 saturated carbocycles. The molecular formula is C14H18ClN3. The standard InChI is InChI=1S/C14H18ClN3/c1-14(2,3)17-9-12-8-16-13(18-12)10-5-4-6-11(15)7-10/h4-8,17H,9H2,1-3H3,(H,16,18). The zero-order valence-corrected chi connectivity index (χ0v) is 11.7. The first-order valence-electron chi connectivity index (χ1n) is 5.99. The fraction of sp³-hybridized carbons (Fsp3) is 0.357. The monoisotopic (exact) mass is 263 g/mol. The van der Waals surface area contributed by atoms with Crippen molar-refractivity contribution in [1.29, 1.82) is 0 Å². The third-order valence-electron chi connectivity index (χ3n) is 2.54. The lowest BCUT2D eigenvalue weighted by Gasteiger charge is -2.19. The average molecular weight is 264 g/mol. The van der Waals surface area contributed by atoms with Crippen LogP contribution in [0.5, 0.6) is 0 Å². The Balaban J connectivity index is 2.11. The van der Waals surface area contributed by atoms with Crippen LogP contribution in [0.3, 0.4) is 0 Å². The molecule has 0 unspecified atom stereocenters. The lowest BCUT2D eigenvalue weighted by molar-refractivity contribution is 0.422. The Kier molecular flexibility index (Phi) is 3.73. The van der Waals surface area contributed by atoms with E-state index in [2.05, 4.69) is 36.1 Å². The van der Waals surface area contributed by atoms with Gasteiger partial charge in [0.05, 0.1) is 0 Å². The van der Waals surface area contributed by atoms with Gasteiger partial charge in [-0.3, -0.25) is 0 Å². The van der Waals surface area contributed by atoms with Crippen LogP contribution in [-0.2, 0) is 6.54 Å². The molecule has 0 spiro atoms. The van der Waals surface area contributed by atoms with Crippen LogP contribution in [0.4, 0.5) is 0 Å². The molecule has 0 atom stereocenters. The summed E-state index contributed by atoms with van der Waals surface area (Å²) < 4.78 is 0. The lowest BCUT2D eigenvalue weighted by atomic mass is 10.1. The summed E-state index contributed by atoms with van der Waals surface area (Å²) in [6, 6.07) is 7.68. The summed E-state index contributed by atoms with van der Waals surface area (Å²) in [5.41, 5.74) is 2.17. The second-order valence-electron chi connectivity index (χ2n) is 5.37. The van der Waals surface area contributed by atoms with Crippen molar-refractivity contribution in [3.05, 3.63) is 41.2 Å². The van der Waals surface area contributed by atoms with Crippen LogP contribution < -0.4 is 5.32 Å². The van der Waals surface area contributed by atoms with Crippen molar-refractivity contribution in [2.24, 2.45) is 0 Å². The van der Waals surface area contributed by atoms with Gasteiger partial charge in [-0.1, -0.05) is 23.7 Å². The van der Waals surface area contributed by atoms with Crippen molar-refractivity contribution >= 4 is 11.6 Å². The maximum atomic E-state index is 5.97. The van der Waals surface area contributed by atoms with Gasteiger partial charge in [0, 0.05) is 34.6 Å². The van der Waals surface area contributed by atoms with Crippen LogP contribution in [-0.4, -0.2) is 15.5 Å². The van der Waals surface area contributed by atoms with E-state index in [-0.39, 0.29) is 5.54 Å². The zero-order valence-electron chi connectivity index (χ0n) is 10.9. The Morgan fingerprint density at radius 1 is 1.33 bits per heavy atom. The van der Waals surface area contributed by atoms with Crippen molar-refractivity contribution in [3.63, 3.8) is 0 Å². The minimum absolute atomic E-state index is 0.0985. The highest BCUT2D eigenvalue weighted by Gasteiger charge is 2.10. The van der Waals surface area contributed by atoms with Gasteiger partial charge in [-0.15, -0.1) is 0 Å². The van der Waals surface area contributed by atoms with Crippen molar-refractivity contribution in [2.45, 2.75) is 32.9 Å². The van der Waals surface area contributed by atoms with E-state index in [1.54, 1.807) is 0 Å². The number of nitrogens with zero attached hydrogens (tertiary/aromatic N) is 1. The maximum absolute atomic E-state index is 5.97. The first-order valence-corrected chi connectivity index (χ1v) is 6.37. The summed E-state index contributed by atoms with van der Waals surface area (Å²) in [4.78, 5) is 7.67. The summed E-state index contributed by atoms with van der Waals surface area (Å²) in [5, 5.41) is 4.14. The van der Waals surface area contributed by atoms with Gasteiger partial charge >= 0.3 is 0 Å². The highest BCUT2D eigenvalue weighted by atomic mass is 35.5. The van der Waals surface area contributed by atoms with Gasteiger partial charge < -0.3 is 10.3 Å². The fourth-order valence-corrected chi connectivity index (χ4v) is 1.78. The smallest absolute Gasteiger partial charge is 0.137 e. The molecule has 0 fully saturated rings. The highest BCUT2D eigenvalue weighted by molar-refractivity contribution is 6.30. The summed E-state index contributed by atoms with van der Waals surface area (Å²) in [7, 11) is 0.